The van der Waals surface area contributed by atoms with Crippen molar-refractivity contribution in [3.8, 4) is 0 Å². The molecule has 3 heteroatoms. The van der Waals surface area contributed by atoms with Crippen molar-refractivity contribution in [2.45, 2.75) is 12.8 Å². The summed E-state index contributed by atoms with van der Waals surface area (Å²) in [4.78, 5) is 9.06. The second-order valence-electron chi connectivity index (χ2n) is 1.73. The topological polar surface area (TPSA) is 38.3 Å². The zero-order chi connectivity index (χ0) is 6.95. The number of ether oxygens (including phenoxy) is 1. The molecule has 1 amide bonds. The summed E-state index contributed by atoms with van der Waals surface area (Å²) >= 11 is 0. The quantitative estimate of drug-likeness (QED) is 0.515. The second-order valence-corrected chi connectivity index (χ2v) is 1.73. The molecule has 9 heavy (non-hydrogen) atoms. The maximum Gasteiger partial charge on any atom is 0.206 e. The predicted octanol–water partition coefficient (Wildman–Crippen LogP) is 0.159. The number of nitrogens with one attached hydrogen (secondary N) is 1. The van der Waals surface area contributed by atoms with E-state index in [1.807, 2.05) is 0 Å². The Morgan fingerprint density at radius 3 is 2.00 bits per heavy atom. The molecule has 1 heterocycles. The van der Waals surface area contributed by atoms with Crippen LogP contribution >= 0.6 is 0 Å². The van der Waals surface area contributed by atoms with Crippen LogP contribution in [0.25, 0.3) is 0 Å². The van der Waals surface area contributed by atoms with Crippen LogP contribution < -0.4 is 5.32 Å². The third kappa shape index (κ3) is 7.43. The van der Waals surface area contributed by atoms with Gasteiger partial charge in [-0.3, -0.25) is 4.79 Å². The van der Waals surface area contributed by atoms with Crippen molar-refractivity contribution in [2.75, 3.05) is 20.3 Å². The van der Waals surface area contributed by atoms with Gasteiger partial charge in [-0.25, -0.2) is 0 Å². The molecule has 0 aromatic carbocycles. The molecule has 0 spiro atoms. The van der Waals surface area contributed by atoms with Crippen LogP contribution in [-0.4, -0.2) is 26.7 Å². The maximum atomic E-state index is 9.06. The van der Waals surface area contributed by atoms with Gasteiger partial charge in [0.25, 0.3) is 0 Å². The van der Waals surface area contributed by atoms with E-state index in [1.54, 1.807) is 7.05 Å². The van der Waals surface area contributed by atoms with E-state index in [0.717, 1.165) is 13.2 Å². The molecule has 1 saturated heterocycles. The highest BCUT2D eigenvalue weighted by Gasteiger charge is 1.94. The van der Waals surface area contributed by atoms with E-state index in [-0.39, 0.29) is 0 Å². The average molecular weight is 131 g/mol. The molecule has 3 nitrogen and oxygen atoms in total. The minimum atomic E-state index is 0.625. The van der Waals surface area contributed by atoms with Crippen molar-refractivity contribution in [2.24, 2.45) is 0 Å². The molecule has 0 aliphatic carbocycles. The van der Waals surface area contributed by atoms with Gasteiger partial charge in [0.05, 0.1) is 0 Å². The van der Waals surface area contributed by atoms with Gasteiger partial charge in [-0.2, -0.15) is 0 Å². The van der Waals surface area contributed by atoms with Gasteiger partial charge in [0.15, 0.2) is 0 Å². The van der Waals surface area contributed by atoms with E-state index in [0.29, 0.717) is 6.41 Å². The number of amides is 1. The predicted molar refractivity (Wildman–Crippen MR) is 35.2 cm³/mol. The molecule has 0 unspecified atom stereocenters. The molecule has 1 aliphatic rings. The van der Waals surface area contributed by atoms with E-state index in [2.05, 4.69) is 5.32 Å². The first-order chi connectivity index (χ1) is 4.41. The Morgan fingerprint density at radius 2 is 1.89 bits per heavy atom. The molecule has 1 fully saturated rings. The SMILES string of the molecule is C1CCOC1.CNC=O. The monoisotopic (exact) mass is 131 g/mol. The summed E-state index contributed by atoms with van der Waals surface area (Å²) in [5.41, 5.74) is 0. The van der Waals surface area contributed by atoms with Crippen LogP contribution in [0.4, 0.5) is 0 Å². The largest absolute Gasteiger partial charge is 0.381 e. The smallest absolute Gasteiger partial charge is 0.206 e. The molecule has 0 saturated carbocycles. The lowest BCUT2D eigenvalue weighted by atomic mass is 10.4. The van der Waals surface area contributed by atoms with Gasteiger partial charge in [0.1, 0.15) is 0 Å². The summed E-state index contributed by atoms with van der Waals surface area (Å²) in [5.74, 6) is 0. The van der Waals surface area contributed by atoms with E-state index < -0.39 is 0 Å². The van der Waals surface area contributed by atoms with E-state index in [1.165, 1.54) is 12.8 Å². The molecule has 0 aromatic rings. The van der Waals surface area contributed by atoms with Crippen LogP contribution in [0.1, 0.15) is 12.8 Å². The number of hydrogen-bond acceptors (Lipinski definition) is 2. The Labute approximate surface area is 55.4 Å². The van der Waals surface area contributed by atoms with Crippen LogP contribution in [0.5, 0.6) is 0 Å². The Hall–Kier alpha value is -0.570. The van der Waals surface area contributed by atoms with Crippen molar-refractivity contribution >= 4 is 6.41 Å². The van der Waals surface area contributed by atoms with Gasteiger partial charge < -0.3 is 10.1 Å². The minimum Gasteiger partial charge on any atom is -0.381 e. The standard InChI is InChI=1S/C4H8O.C2H5NO/c1-2-4-5-3-1;1-3-2-4/h1-4H2;2H,1H3,(H,3,4). The zero-order valence-corrected chi connectivity index (χ0v) is 5.72. The minimum absolute atomic E-state index is 0.625. The molecule has 0 aromatic heterocycles. The normalized spacial score (nSPS) is 15.7. The van der Waals surface area contributed by atoms with Crippen molar-refractivity contribution in [1.82, 2.24) is 5.32 Å². The van der Waals surface area contributed by atoms with Crippen LogP contribution in [0.15, 0.2) is 0 Å². The Morgan fingerprint density at radius 1 is 1.44 bits per heavy atom. The van der Waals surface area contributed by atoms with E-state index >= 15 is 0 Å². The Bertz CT molecular complexity index is 54.5. The summed E-state index contributed by atoms with van der Waals surface area (Å²) in [6, 6.07) is 0. The highest BCUT2D eigenvalue weighted by Crippen LogP contribution is 1.98. The molecule has 0 bridgehead atoms. The first-order valence-electron chi connectivity index (χ1n) is 3.10. The fraction of sp³-hybridized carbons (Fsp3) is 0.833. The zero-order valence-electron chi connectivity index (χ0n) is 5.72. The average Bonchev–Trinajstić information content (AvgIpc) is 2.43. The highest BCUT2D eigenvalue weighted by molar-refractivity contribution is 5.44. The summed E-state index contributed by atoms with van der Waals surface area (Å²) in [5, 5.41) is 2.25. The van der Waals surface area contributed by atoms with Crippen LogP contribution in [0, 0.1) is 0 Å². The molecule has 1 N–H and O–H groups in total. The summed E-state index contributed by atoms with van der Waals surface area (Å²) < 4.78 is 4.94. The van der Waals surface area contributed by atoms with Gasteiger partial charge in [0, 0.05) is 20.3 Å². The summed E-state index contributed by atoms with van der Waals surface area (Å²) in [7, 11) is 1.56. The molecule has 0 radical (unpaired) electrons. The number of hydrogen-bond donors (Lipinski definition) is 1. The molecular formula is C6H13NO2. The lowest BCUT2D eigenvalue weighted by molar-refractivity contribution is -0.109. The van der Waals surface area contributed by atoms with Gasteiger partial charge in [-0.1, -0.05) is 0 Å². The Kier molecular flexibility index (Phi) is 6.96. The van der Waals surface area contributed by atoms with Gasteiger partial charge in [-0.05, 0) is 12.8 Å². The number of carbonyl (C=O) groups is 1. The summed E-state index contributed by atoms with van der Waals surface area (Å²) in [6.07, 6.45) is 3.18. The third-order valence-corrected chi connectivity index (χ3v) is 0.945. The van der Waals surface area contributed by atoms with Gasteiger partial charge in [0.2, 0.25) is 6.41 Å². The summed E-state index contributed by atoms with van der Waals surface area (Å²) in [6.45, 7) is 2.00. The molecule has 1 rings (SSSR count). The van der Waals surface area contributed by atoms with Crippen LogP contribution in [0.3, 0.4) is 0 Å². The van der Waals surface area contributed by atoms with Crippen molar-refractivity contribution in [1.29, 1.82) is 0 Å². The van der Waals surface area contributed by atoms with Crippen LogP contribution in [-0.2, 0) is 9.53 Å². The second kappa shape index (κ2) is 7.43. The lowest BCUT2D eigenvalue weighted by Gasteiger charge is -1.76. The maximum absolute atomic E-state index is 9.06. The van der Waals surface area contributed by atoms with Crippen LogP contribution in [0.2, 0.25) is 0 Å². The first kappa shape index (κ1) is 8.43. The third-order valence-electron chi connectivity index (χ3n) is 0.945. The lowest BCUT2D eigenvalue weighted by Crippen LogP contribution is -1.98. The van der Waals surface area contributed by atoms with Crippen molar-refractivity contribution < 1.29 is 9.53 Å². The fourth-order valence-corrected chi connectivity index (χ4v) is 0.510. The number of rotatable bonds is 1. The molecule has 1 aliphatic heterocycles. The molecular weight excluding hydrogens is 118 g/mol. The van der Waals surface area contributed by atoms with E-state index in [4.69, 9.17) is 9.53 Å². The highest BCUT2D eigenvalue weighted by atomic mass is 16.5. The fourth-order valence-electron chi connectivity index (χ4n) is 0.510. The van der Waals surface area contributed by atoms with Gasteiger partial charge in [-0.15, -0.1) is 0 Å². The van der Waals surface area contributed by atoms with Crippen molar-refractivity contribution in [3.05, 3.63) is 0 Å². The van der Waals surface area contributed by atoms with E-state index in [9.17, 15) is 0 Å². The Balaban J connectivity index is 0.000000148. The number of carbonyl (C=O) groups excluding carboxylic acids is 1. The van der Waals surface area contributed by atoms with Gasteiger partial charge >= 0.3 is 0 Å². The molecule has 0 atom stereocenters. The molecule has 54 valence electrons. The van der Waals surface area contributed by atoms with Crippen molar-refractivity contribution in [3.63, 3.8) is 0 Å². The first-order valence-corrected chi connectivity index (χ1v) is 3.10.